The largest absolute Gasteiger partial charge is 0.495 e. The number of nitrogens with one attached hydrogen (secondary N) is 1. The lowest BCUT2D eigenvalue weighted by Gasteiger charge is -2.19. The summed E-state index contributed by atoms with van der Waals surface area (Å²) >= 11 is 0. The molecule has 2 amide bonds. The third-order valence-corrected chi connectivity index (χ3v) is 3.01. The van der Waals surface area contributed by atoms with Crippen LogP contribution >= 0.6 is 0 Å². The molecular weight excluding hydrogens is 234 g/mol. The molecule has 1 saturated heterocycles. The van der Waals surface area contributed by atoms with Crippen molar-refractivity contribution in [2.24, 2.45) is 11.8 Å². The topological polar surface area (TPSA) is 84.7 Å². The molecule has 0 radical (unpaired) electrons. The molecule has 0 aliphatic carbocycles. The summed E-state index contributed by atoms with van der Waals surface area (Å²) in [5.74, 6) is 4.86. The number of hydrogen-bond donors (Lipinski definition) is 2. The molecule has 0 unspecified atom stereocenters. The van der Waals surface area contributed by atoms with E-state index in [0.29, 0.717) is 18.0 Å². The lowest BCUT2D eigenvalue weighted by molar-refractivity contribution is -0.126. The smallest absolute Gasteiger partial charge is 0.239 e. The van der Waals surface area contributed by atoms with Gasteiger partial charge in [-0.1, -0.05) is 12.1 Å². The number of anilines is 1. The minimum absolute atomic E-state index is 0.104. The molecule has 6 nitrogen and oxygen atoms in total. The van der Waals surface area contributed by atoms with Crippen LogP contribution in [0.25, 0.3) is 0 Å². The van der Waals surface area contributed by atoms with Gasteiger partial charge in [-0.15, -0.1) is 0 Å². The number of methoxy groups -OCH3 is 1. The van der Waals surface area contributed by atoms with Crippen LogP contribution in [0.2, 0.25) is 0 Å². The monoisotopic (exact) mass is 249 g/mol. The van der Waals surface area contributed by atoms with Crippen molar-refractivity contribution in [2.45, 2.75) is 6.42 Å². The first-order valence-corrected chi connectivity index (χ1v) is 5.61. The molecule has 1 atom stereocenters. The molecule has 1 aromatic rings. The zero-order valence-electron chi connectivity index (χ0n) is 10.1. The molecule has 6 heteroatoms. The molecule has 96 valence electrons. The number of ether oxygens (including phenoxy) is 1. The summed E-state index contributed by atoms with van der Waals surface area (Å²) in [4.78, 5) is 24.9. The van der Waals surface area contributed by atoms with Crippen molar-refractivity contribution in [1.82, 2.24) is 5.43 Å². The Balaban J connectivity index is 2.24. The van der Waals surface area contributed by atoms with Gasteiger partial charge in [0.2, 0.25) is 11.8 Å². The minimum atomic E-state index is -0.410. The van der Waals surface area contributed by atoms with Crippen molar-refractivity contribution >= 4 is 17.5 Å². The van der Waals surface area contributed by atoms with Crippen LogP contribution in [-0.4, -0.2) is 25.5 Å². The van der Waals surface area contributed by atoms with E-state index < -0.39 is 5.92 Å². The highest BCUT2D eigenvalue weighted by Crippen LogP contribution is 2.32. The van der Waals surface area contributed by atoms with Gasteiger partial charge >= 0.3 is 0 Å². The second-order valence-corrected chi connectivity index (χ2v) is 4.09. The number of benzene rings is 1. The Kier molecular flexibility index (Phi) is 3.47. The Morgan fingerprint density at radius 3 is 2.89 bits per heavy atom. The number of amides is 2. The predicted molar refractivity (Wildman–Crippen MR) is 65.8 cm³/mol. The lowest BCUT2D eigenvalue weighted by Crippen LogP contribution is -2.37. The van der Waals surface area contributed by atoms with Gasteiger partial charge in [0, 0.05) is 13.0 Å². The number of para-hydroxylation sites is 2. The van der Waals surface area contributed by atoms with E-state index in [2.05, 4.69) is 5.43 Å². The molecule has 2 rings (SSSR count). The molecule has 0 aromatic heterocycles. The second-order valence-electron chi connectivity index (χ2n) is 4.09. The molecule has 1 aromatic carbocycles. The van der Waals surface area contributed by atoms with Crippen molar-refractivity contribution in [3.8, 4) is 5.75 Å². The summed E-state index contributed by atoms with van der Waals surface area (Å²) in [5.41, 5.74) is 2.76. The van der Waals surface area contributed by atoms with Crippen molar-refractivity contribution in [2.75, 3.05) is 18.6 Å². The molecule has 1 heterocycles. The van der Waals surface area contributed by atoms with E-state index in [9.17, 15) is 9.59 Å². The summed E-state index contributed by atoms with van der Waals surface area (Å²) in [7, 11) is 1.55. The van der Waals surface area contributed by atoms with E-state index in [-0.39, 0.29) is 18.2 Å². The summed E-state index contributed by atoms with van der Waals surface area (Å²) in [6.07, 6.45) is 0.168. The Hall–Kier alpha value is -2.08. The standard InChI is InChI=1S/C12H15N3O3/c1-18-10-5-3-2-4-9(10)15-7-8(6-11(15)16)12(17)14-13/h2-5,8H,6-7,13H2,1H3,(H,14,17)/t8-/m0/s1. The second kappa shape index (κ2) is 5.05. The summed E-state index contributed by atoms with van der Waals surface area (Å²) in [5, 5.41) is 0. The molecular formula is C12H15N3O3. The average molecular weight is 249 g/mol. The summed E-state index contributed by atoms with van der Waals surface area (Å²) in [6.45, 7) is 0.322. The van der Waals surface area contributed by atoms with Gasteiger partial charge in [-0.05, 0) is 12.1 Å². The molecule has 18 heavy (non-hydrogen) atoms. The number of hydrogen-bond acceptors (Lipinski definition) is 4. The van der Waals surface area contributed by atoms with Crippen molar-refractivity contribution in [3.63, 3.8) is 0 Å². The summed E-state index contributed by atoms with van der Waals surface area (Å²) in [6, 6.07) is 7.22. The maximum Gasteiger partial charge on any atom is 0.239 e. The Morgan fingerprint density at radius 1 is 1.50 bits per heavy atom. The van der Waals surface area contributed by atoms with Crippen molar-refractivity contribution in [3.05, 3.63) is 24.3 Å². The third kappa shape index (κ3) is 2.14. The quantitative estimate of drug-likeness (QED) is 0.450. The molecule has 0 spiro atoms. The fraction of sp³-hybridized carbons (Fsp3) is 0.333. The number of nitrogens with two attached hydrogens (primary N) is 1. The van der Waals surface area contributed by atoms with Gasteiger partial charge in [-0.3, -0.25) is 15.0 Å². The number of carbonyl (C=O) groups excluding carboxylic acids is 2. The zero-order chi connectivity index (χ0) is 13.1. The minimum Gasteiger partial charge on any atom is -0.495 e. The third-order valence-electron chi connectivity index (χ3n) is 3.01. The van der Waals surface area contributed by atoms with E-state index in [1.807, 2.05) is 12.1 Å². The molecule has 0 saturated carbocycles. The van der Waals surface area contributed by atoms with Crippen molar-refractivity contribution in [1.29, 1.82) is 0 Å². The highest BCUT2D eigenvalue weighted by Gasteiger charge is 2.35. The van der Waals surface area contributed by atoms with Crippen LogP contribution in [0, 0.1) is 5.92 Å². The number of hydrazine groups is 1. The average Bonchev–Trinajstić information content (AvgIpc) is 2.79. The molecule has 1 aliphatic rings. The van der Waals surface area contributed by atoms with Crippen LogP contribution in [0.5, 0.6) is 5.75 Å². The van der Waals surface area contributed by atoms with Gasteiger partial charge in [0.15, 0.2) is 0 Å². The maximum absolute atomic E-state index is 11.9. The van der Waals surface area contributed by atoms with Crippen LogP contribution in [0.4, 0.5) is 5.69 Å². The van der Waals surface area contributed by atoms with Crippen LogP contribution in [0.1, 0.15) is 6.42 Å². The van der Waals surface area contributed by atoms with E-state index in [4.69, 9.17) is 10.6 Å². The van der Waals surface area contributed by atoms with E-state index in [0.717, 1.165) is 0 Å². The lowest BCUT2D eigenvalue weighted by atomic mass is 10.1. The number of nitrogens with zero attached hydrogens (tertiary/aromatic N) is 1. The highest BCUT2D eigenvalue weighted by atomic mass is 16.5. The van der Waals surface area contributed by atoms with E-state index >= 15 is 0 Å². The van der Waals surface area contributed by atoms with Gasteiger partial charge in [-0.2, -0.15) is 0 Å². The Bertz CT molecular complexity index is 475. The first-order chi connectivity index (χ1) is 8.67. The SMILES string of the molecule is COc1ccccc1N1C[C@@H](C(=O)NN)CC1=O. The van der Waals surface area contributed by atoms with Crippen LogP contribution < -0.4 is 20.9 Å². The molecule has 0 bridgehead atoms. The number of rotatable bonds is 3. The van der Waals surface area contributed by atoms with Gasteiger partial charge in [-0.25, -0.2) is 5.84 Å². The van der Waals surface area contributed by atoms with Gasteiger partial charge in [0.1, 0.15) is 5.75 Å². The fourth-order valence-corrected chi connectivity index (χ4v) is 2.09. The Morgan fingerprint density at radius 2 is 2.22 bits per heavy atom. The van der Waals surface area contributed by atoms with Crippen LogP contribution in [0.15, 0.2) is 24.3 Å². The van der Waals surface area contributed by atoms with E-state index in [1.54, 1.807) is 24.1 Å². The fourth-order valence-electron chi connectivity index (χ4n) is 2.09. The molecule has 1 aliphatic heterocycles. The van der Waals surface area contributed by atoms with Gasteiger partial charge < -0.3 is 9.64 Å². The normalized spacial score (nSPS) is 18.9. The van der Waals surface area contributed by atoms with E-state index in [1.165, 1.54) is 0 Å². The zero-order valence-corrected chi connectivity index (χ0v) is 10.1. The predicted octanol–water partition coefficient (Wildman–Crippen LogP) is 0.0380. The first kappa shape index (κ1) is 12.4. The Labute approximate surface area is 105 Å². The first-order valence-electron chi connectivity index (χ1n) is 5.61. The van der Waals surface area contributed by atoms with Crippen LogP contribution in [-0.2, 0) is 9.59 Å². The number of carbonyl (C=O) groups is 2. The van der Waals surface area contributed by atoms with Crippen LogP contribution in [0.3, 0.4) is 0 Å². The maximum atomic E-state index is 11.9. The highest BCUT2D eigenvalue weighted by molar-refractivity contribution is 6.01. The van der Waals surface area contributed by atoms with Crippen molar-refractivity contribution < 1.29 is 14.3 Å². The molecule has 3 N–H and O–H groups in total. The van der Waals surface area contributed by atoms with Gasteiger partial charge in [0.05, 0.1) is 18.7 Å². The molecule has 1 fully saturated rings. The summed E-state index contributed by atoms with van der Waals surface area (Å²) < 4.78 is 5.21. The van der Waals surface area contributed by atoms with Gasteiger partial charge in [0.25, 0.3) is 0 Å².